The summed E-state index contributed by atoms with van der Waals surface area (Å²) >= 11 is 18.2. The van der Waals surface area contributed by atoms with Crippen LogP contribution >= 0.6 is 34.8 Å². The first-order valence-corrected chi connectivity index (χ1v) is 6.83. The van der Waals surface area contributed by atoms with Crippen LogP contribution in [-0.2, 0) is 6.42 Å². The largest absolute Gasteiger partial charge is 0.198 e. The van der Waals surface area contributed by atoms with Crippen LogP contribution < -0.4 is 0 Å². The molecule has 4 heteroatoms. The fourth-order valence-electron chi connectivity index (χ4n) is 1.89. The number of benzene rings is 2. The maximum absolute atomic E-state index is 9.33. The lowest BCUT2D eigenvalue weighted by atomic mass is 9.93. The van der Waals surface area contributed by atoms with E-state index >= 15 is 0 Å². The summed E-state index contributed by atoms with van der Waals surface area (Å²) in [4.78, 5) is 0. The van der Waals surface area contributed by atoms with Crippen LogP contribution in [0.25, 0.3) is 0 Å². The van der Waals surface area contributed by atoms with Gasteiger partial charge in [-0.15, -0.1) is 0 Å². The Morgan fingerprint density at radius 1 is 1.00 bits per heavy atom. The Labute approximate surface area is 127 Å². The summed E-state index contributed by atoms with van der Waals surface area (Å²) in [5.41, 5.74) is 1.66. The maximum atomic E-state index is 9.33. The quantitative estimate of drug-likeness (QED) is 0.734. The van der Waals surface area contributed by atoms with Gasteiger partial charge in [0.05, 0.1) is 12.0 Å². The van der Waals surface area contributed by atoms with Crippen LogP contribution in [0.5, 0.6) is 0 Å². The molecule has 0 amide bonds. The molecule has 0 saturated carbocycles. The molecule has 0 N–H and O–H groups in total. The van der Waals surface area contributed by atoms with E-state index < -0.39 is 0 Å². The van der Waals surface area contributed by atoms with Gasteiger partial charge in [-0.1, -0.05) is 53.0 Å². The van der Waals surface area contributed by atoms with Gasteiger partial charge in [-0.25, -0.2) is 0 Å². The SMILES string of the molecule is N#CC(Cc1c(Cl)cccc1Cl)c1cccc(Cl)c1. The highest BCUT2D eigenvalue weighted by molar-refractivity contribution is 6.36. The molecule has 2 aromatic rings. The molecule has 0 fully saturated rings. The highest BCUT2D eigenvalue weighted by Gasteiger charge is 2.15. The van der Waals surface area contributed by atoms with Gasteiger partial charge in [0.15, 0.2) is 0 Å². The van der Waals surface area contributed by atoms with Crippen molar-refractivity contribution >= 4 is 34.8 Å². The molecule has 0 aromatic heterocycles. The van der Waals surface area contributed by atoms with Crippen molar-refractivity contribution in [2.24, 2.45) is 0 Å². The first-order chi connectivity index (χ1) is 9.11. The van der Waals surface area contributed by atoms with Crippen LogP contribution in [0.4, 0.5) is 0 Å². The molecule has 19 heavy (non-hydrogen) atoms. The van der Waals surface area contributed by atoms with E-state index in [-0.39, 0.29) is 5.92 Å². The molecule has 0 spiro atoms. The smallest absolute Gasteiger partial charge is 0.0754 e. The number of halogens is 3. The Hall–Kier alpha value is -1.20. The van der Waals surface area contributed by atoms with E-state index in [4.69, 9.17) is 34.8 Å². The first kappa shape index (κ1) is 14.2. The Morgan fingerprint density at radius 2 is 1.63 bits per heavy atom. The third kappa shape index (κ3) is 3.42. The van der Waals surface area contributed by atoms with Crippen LogP contribution in [0.15, 0.2) is 42.5 Å². The van der Waals surface area contributed by atoms with Crippen molar-refractivity contribution in [2.75, 3.05) is 0 Å². The minimum absolute atomic E-state index is 0.323. The van der Waals surface area contributed by atoms with E-state index in [1.54, 1.807) is 30.3 Å². The lowest BCUT2D eigenvalue weighted by molar-refractivity contribution is 0.849. The number of rotatable bonds is 3. The molecule has 0 radical (unpaired) electrons. The fourth-order valence-corrected chi connectivity index (χ4v) is 2.64. The Balaban J connectivity index is 2.33. The molecule has 1 atom stereocenters. The van der Waals surface area contributed by atoms with Crippen molar-refractivity contribution in [3.8, 4) is 6.07 Å². The average Bonchev–Trinajstić information content (AvgIpc) is 2.38. The van der Waals surface area contributed by atoms with Gasteiger partial charge in [-0.2, -0.15) is 5.26 Å². The molecule has 1 nitrogen and oxygen atoms in total. The predicted octanol–water partition coefficient (Wildman–Crippen LogP) is 5.50. The molecule has 96 valence electrons. The van der Waals surface area contributed by atoms with Crippen LogP contribution in [0, 0.1) is 11.3 Å². The van der Waals surface area contributed by atoms with Gasteiger partial charge in [0.25, 0.3) is 0 Å². The van der Waals surface area contributed by atoms with Crippen molar-refractivity contribution in [1.29, 1.82) is 5.26 Å². The monoisotopic (exact) mass is 309 g/mol. The van der Waals surface area contributed by atoms with Crippen LogP contribution in [0.2, 0.25) is 15.1 Å². The topological polar surface area (TPSA) is 23.8 Å². The third-order valence-electron chi connectivity index (χ3n) is 2.88. The highest BCUT2D eigenvalue weighted by atomic mass is 35.5. The van der Waals surface area contributed by atoms with E-state index in [1.807, 2.05) is 12.1 Å². The Kier molecular flexibility index (Phi) is 4.71. The molecule has 2 aromatic carbocycles. The molecule has 0 aliphatic carbocycles. The second-order valence-corrected chi connectivity index (χ2v) is 5.39. The predicted molar refractivity (Wildman–Crippen MR) is 80.0 cm³/mol. The first-order valence-electron chi connectivity index (χ1n) is 5.70. The molecule has 0 heterocycles. The zero-order chi connectivity index (χ0) is 13.8. The zero-order valence-electron chi connectivity index (χ0n) is 9.91. The summed E-state index contributed by atoms with van der Waals surface area (Å²) in [6.07, 6.45) is 0.468. The molecular formula is C15H10Cl3N. The number of nitriles is 1. The molecular weight excluding hydrogens is 301 g/mol. The summed E-state index contributed by atoms with van der Waals surface area (Å²) in [7, 11) is 0. The molecule has 0 aliphatic heterocycles. The lowest BCUT2D eigenvalue weighted by Gasteiger charge is -2.12. The molecule has 0 bridgehead atoms. The average molecular weight is 311 g/mol. The van der Waals surface area contributed by atoms with Gasteiger partial charge in [-0.3, -0.25) is 0 Å². The second kappa shape index (κ2) is 6.30. The normalized spacial score (nSPS) is 11.9. The molecule has 0 aliphatic rings. The number of nitrogens with zero attached hydrogens (tertiary/aromatic N) is 1. The van der Waals surface area contributed by atoms with Crippen molar-refractivity contribution in [2.45, 2.75) is 12.3 Å². The van der Waals surface area contributed by atoms with E-state index in [0.717, 1.165) is 11.1 Å². The van der Waals surface area contributed by atoms with E-state index in [1.165, 1.54) is 0 Å². The van der Waals surface area contributed by atoms with Crippen molar-refractivity contribution in [3.63, 3.8) is 0 Å². The van der Waals surface area contributed by atoms with Gasteiger partial charge < -0.3 is 0 Å². The number of hydrogen-bond acceptors (Lipinski definition) is 1. The summed E-state index contributed by atoms with van der Waals surface area (Å²) < 4.78 is 0. The van der Waals surface area contributed by atoms with Gasteiger partial charge in [-0.05, 0) is 41.8 Å². The maximum Gasteiger partial charge on any atom is 0.0754 e. The summed E-state index contributed by atoms with van der Waals surface area (Å²) in [5.74, 6) is -0.323. The van der Waals surface area contributed by atoms with Crippen molar-refractivity contribution < 1.29 is 0 Å². The highest BCUT2D eigenvalue weighted by Crippen LogP contribution is 2.30. The number of hydrogen-bond donors (Lipinski definition) is 0. The molecule has 2 rings (SSSR count). The minimum Gasteiger partial charge on any atom is -0.198 e. The van der Waals surface area contributed by atoms with Crippen molar-refractivity contribution in [3.05, 3.63) is 68.7 Å². The molecule has 1 unspecified atom stereocenters. The fraction of sp³-hybridized carbons (Fsp3) is 0.133. The Bertz CT molecular complexity index is 611. The minimum atomic E-state index is -0.323. The van der Waals surface area contributed by atoms with Crippen LogP contribution in [0.3, 0.4) is 0 Å². The van der Waals surface area contributed by atoms with Gasteiger partial charge in [0.1, 0.15) is 0 Å². The Morgan fingerprint density at radius 3 is 2.21 bits per heavy atom. The lowest BCUT2D eigenvalue weighted by Crippen LogP contribution is -2.01. The van der Waals surface area contributed by atoms with E-state index in [0.29, 0.717) is 21.5 Å². The van der Waals surface area contributed by atoms with Gasteiger partial charge >= 0.3 is 0 Å². The van der Waals surface area contributed by atoms with Crippen LogP contribution in [-0.4, -0.2) is 0 Å². The van der Waals surface area contributed by atoms with Gasteiger partial charge in [0.2, 0.25) is 0 Å². The van der Waals surface area contributed by atoms with Crippen LogP contribution in [0.1, 0.15) is 17.0 Å². The van der Waals surface area contributed by atoms with Crippen molar-refractivity contribution in [1.82, 2.24) is 0 Å². The standard InChI is InChI=1S/C15H10Cl3N/c16-12-4-1-3-10(7-12)11(9-19)8-13-14(17)5-2-6-15(13)18/h1-7,11H,8H2. The summed E-state index contributed by atoms with van der Waals surface area (Å²) in [6.45, 7) is 0. The second-order valence-electron chi connectivity index (χ2n) is 4.14. The zero-order valence-corrected chi connectivity index (χ0v) is 12.2. The molecule has 0 saturated heterocycles. The van der Waals surface area contributed by atoms with E-state index in [9.17, 15) is 5.26 Å². The summed E-state index contributed by atoms with van der Waals surface area (Å²) in [6, 6.07) is 14.9. The third-order valence-corrected chi connectivity index (χ3v) is 3.82. The van der Waals surface area contributed by atoms with Gasteiger partial charge in [0, 0.05) is 15.1 Å². The van der Waals surface area contributed by atoms with E-state index in [2.05, 4.69) is 6.07 Å². The summed E-state index contributed by atoms with van der Waals surface area (Å²) in [5, 5.41) is 11.1.